The normalized spacial score (nSPS) is 13.8. The Morgan fingerprint density at radius 3 is 2.57 bits per heavy atom. The summed E-state index contributed by atoms with van der Waals surface area (Å²) in [6.45, 7) is 0.214. The lowest BCUT2D eigenvalue weighted by Crippen LogP contribution is -1.98. The molecule has 0 bridgehead atoms. The van der Waals surface area contributed by atoms with Crippen LogP contribution in [-0.4, -0.2) is 10.7 Å². The molecule has 0 amide bonds. The van der Waals surface area contributed by atoms with Crippen molar-refractivity contribution in [3.63, 3.8) is 0 Å². The molecule has 0 spiro atoms. The Morgan fingerprint density at radius 2 is 1.83 bits per heavy atom. The highest BCUT2D eigenvalue weighted by molar-refractivity contribution is 6.43. The van der Waals surface area contributed by atoms with Gasteiger partial charge in [-0.3, -0.25) is 14.9 Å². The molecule has 3 aromatic rings. The second-order valence-corrected chi connectivity index (χ2v) is 7.24. The van der Waals surface area contributed by atoms with Gasteiger partial charge in [-0.2, -0.15) is 0 Å². The average molecular weight is 442 g/mol. The summed E-state index contributed by atoms with van der Waals surface area (Å²) in [7, 11) is 0. The quantitative estimate of drug-likeness (QED) is 0.271. The van der Waals surface area contributed by atoms with Crippen LogP contribution in [0.3, 0.4) is 0 Å². The molecule has 30 heavy (non-hydrogen) atoms. The van der Waals surface area contributed by atoms with Gasteiger partial charge in [0.15, 0.2) is 5.76 Å². The van der Waals surface area contributed by atoms with Crippen LogP contribution in [0.1, 0.15) is 21.5 Å². The SMILES string of the molecule is O=C1/C(=C/c2cccc(Cl)c2Cl)Oc2cc(OCc3ccc([N+](=O)[O-])cc3)ccc21. The molecule has 150 valence electrons. The number of non-ortho nitro benzene ring substituents is 1. The third-order valence-corrected chi connectivity index (χ3v) is 5.30. The minimum absolute atomic E-state index is 0.0160. The minimum Gasteiger partial charge on any atom is -0.489 e. The van der Waals surface area contributed by atoms with Gasteiger partial charge in [0.1, 0.15) is 18.1 Å². The Kier molecular flexibility index (Phi) is 5.44. The number of ether oxygens (including phenoxy) is 2. The number of nitro benzene ring substituents is 1. The molecule has 6 nitrogen and oxygen atoms in total. The van der Waals surface area contributed by atoms with Crippen LogP contribution in [0.2, 0.25) is 10.0 Å². The monoisotopic (exact) mass is 441 g/mol. The lowest BCUT2D eigenvalue weighted by Gasteiger charge is -2.07. The molecule has 1 heterocycles. The first-order chi connectivity index (χ1) is 14.4. The number of nitro groups is 1. The van der Waals surface area contributed by atoms with Crippen LogP contribution in [0.25, 0.3) is 6.08 Å². The van der Waals surface area contributed by atoms with Gasteiger partial charge < -0.3 is 9.47 Å². The molecule has 0 fully saturated rings. The fourth-order valence-corrected chi connectivity index (χ4v) is 3.27. The third-order valence-electron chi connectivity index (χ3n) is 4.46. The Bertz CT molecular complexity index is 1190. The van der Waals surface area contributed by atoms with E-state index < -0.39 is 4.92 Å². The number of hydrogen-bond donors (Lipinski definition) is 0. The number of allylic oxidation sites excluding steroid dienone is 1. The predicted molar refractivity (Wildman–Crippen MR) is 113 cm³/mol. The van der Waals surface area contributed by atoms with Crippen molar-refractivity contribution in [1.82, 2.24) is 0 Å². The standard InChI is InChI=1S/C22H13Cl2NO5/c23-18-3-1-2-14(21(18)24)10-20-22(26)17-9-8-16(11-19(17)30-20)29-12-13-4-6-15(7-5-13)25(27)28/h1-11H,12H2/b20-10-. The molecule has 0 N–H and O–H groups in total. The summed E-state index contributed by atoms with van der Waals surface area (Å²) in [5.41, 5.74) is 1.79. The van der Waals surface area contributed by atoms with Gasteiger partial charge >= 0.3 is 0 Å². The lowest BCUT2D eigenvalue weighted by atomic mass is 10.1. The molecule has 4 rings (SSSR count). The van der Waals surface area contributed by atoms with Crippen LogP contribution in [0, 0.1) is 10.1 Å². The summed E-state index contributed by atoms with van der Waals surface area (Å²) >= 11 is 12.2. The molecule has 8 heteroatoms. The molecule has 3 aromatic carbocycles. The van der Waals surface area contributed by atoms with Crippen LogP contribution in [-0.2, 0) is 6.61 Å². The number of nitrogens with zero attached hydrogens (tertiary/aromatic N) is 1. The highest BCUT2D eigenvalue weighted by atomic mass is 35.5. The highest BCUT2D eigenvalue weighted by Crippen LogP contribution is 2.36. The fraction of sp³-hybridized carbons (Fsp3) is 0.0455. The van der Waals surface area contributed by atoms with E-state index in [1.54, 1.807) is 54.6 Å². The first kappa shape index (κ1) is 19.9. The van der Waals surface area contributed by atoms with Crippen LogP contribution in [0.4, 0.5) is 5.69 Å². The number of hydrogen-bond acceptors (Lipinski definition) is 5. The van der Waals surface area contributed by atoms with Crippen molar-refractivity contribution < 1.29 is 19.2 Å². The number of benzene rings is 3. The number of rotatable bonds is 5. The van der Waals surface area contributed by atoms with Crippen molar-refractivity contribution in [3.05, 3.63) is 103 Å². The van der Waals surface area contributed by atoms with Gasteiger partial charge in [-0.1, -0.05) is 35.3 Å². The molecule has 0 saturated carbocycles. The van der Waals surface area contributed by atoms with Crippen LogP contribution in [0.5, 0.6) is 11.5 Å². The van der Waals surface area contributed by atoms with E-state index >= 15 is 0 Å². The minimum atomic E-state index is -0.457. The number of fused-ring (bicyclic) bond motifs is 1. The van der Waals surface area contributed by atoms with Crippen LogP contribution >= 0.6 is 23.2 Å². The van der Waals surface area contributed by atoms with E-state index in [1.807, 2.05) is 0 Å². The van der Waals surface area contributed by atoms with Gasteiger partial charge in [-0.15, -0.1) is 0 Å². The van der Waals surface area contributed by atoms with Gasteiger partial charge in [0.05, 0.1) is 20.5 Å². The summed E-state index contributed by atoms with van der Waals surface area (Å²) in [6, 6.07) is 16.1. The molecule has 1 aliphatic rings. The van der Waals surface area contributed by atoms with E-state index in [9.17, 15) is 14.9 Å². The average Bonchev–Trinajstić information content (AvgIpc) is 3.05. The maximum Gasteiger partial charge on any atom is 0.269 e. The van der Waals surface area contributed by atoms with Gasteiger partial charge in [-0.25, -0.2) is 0 Å². The van der Waals surface area contributed by atoms with Crippen molar-refractivity contribution in [1.29, 1.82) is 0 Å². The molecule has 0 radical (unpaired) electrons. The van der Waals surface area contributed by atoms with E-state index in [0.717, 1.165) is 5.56 Å². The third kappa shape index (κ3) is 4.01. The van der Waals surface area contributed by atoms with E-state index in [-0.39, 0.29) is 23.8 Å². The Morgan fingerprint density at radius 1 is 1.07 bits per heavy atom. The Labute approximate surface area is 181 Å². The first-order valence-corrected chi connectivity index (χ1v) is 9.56. The summed E-state index contributed by atoms with van der Waals surface area (Å²) in [5, 5.41) is 11.4. The Balaban J connectivity index is 1.50. The summed E-state index contributed by atoms with van der Waals surface area (Å²) in [5.74, 6) is 0.761. The van der Waals surface area contributed by atoms with Crippen LogP contribution < -0.4 is 9.47 Å². The molecule has 1 aliphatic heterocycles. The smallest absolute Gasteiger partial charge is 0.269 e. The molecular weight excluding hydrogens is 429 g/mol. The van der Waals surface area contributed by atoms with Gasteiger partial charge in [-0.05, 0) is 47.5 Å². The van der Waals surface area contributed by atoms with Gasteiger partial charge in [0, 0.05) is 18.2 Å². The molecule has 0 saturated heterocycles. The number of ketones is 1. The number of halogens is 2. The zero-order valence-corrected chi connectivity index (χ0v) is 16.8. The van der Waals surface area contributed by atoms with Crippen LogP contribution in [0.15, 0.2) is 66.4 Å². The van der Waals surface area contributed by atoms with Crippen molar-refractivity contribution in [2.24, 2.45) is 0 Å². The first-order valence-electron chi connectivity index (χ1n) is 8.81. The fourth-order valence-electron chi connectivity index (χ4n) is 2.91. The van der Waals surface area contributed by atoms with Crippen molar-refractivity contribution in [3.8, 4) is 11.5 Å². The van der Waals surface area contributed by atoms with Gasteiger partial charge in [0.25, 0.3) is 5.69 Å². The molecule has 0 aromatic heterocycles. The summed E-state index contributed by atoms with van der Waals surface area (Å²) in [6.07, 6.45) is 1.55. The van der Waals surface area contributed by atoms with E-state index in [2.05, 4.69) is 0 Å². The maximum absolute atomic E-state index is 12.6. The maximum atomic E-state index is 12.6. The number of Topliss-reactive ketones (excluding diaryl/α,β-unsaturated/α-hetero) is 1. The number of carbonyl (C=O) groups is 1. The second-order valence-electron chi connectivity index (χ2n) is 6.45. The predicted octanol–water partition coefficient (Wildman–Crippen LogP) is 6.10. The second kappa shape index (κ2) is 8.18. The van der Waals surface area contributed by atoms with E-state index in [0.29, 0.717) is 32.7 Å². The van der Waals surface area contributed by atoms with Crippen molar-refractivity contribution in [2.75, 3.05) is 0 Å². The largest absolute Gasteiger partial charge is 0.489 e. The zero-order chi connectivity index (χ0) is 21.3. The van der Waals surface area contributed by atoms with E-state index in [1.165, 1.54) is 12.1 Å². The highest BCUT2D eigenvalue weighted by Gasteiger charge is 2.28. The zero-order valence-electron chi connectivity index (χ0n) is 15.3. The van der Waals surface area contributed by atoms with Crippen molar-refractivity contribution >= 4 is 40.7 Å². The molecule has 0 unspecified atom stereocenters. The summed E-state index contributed by atoms with van der Waals surface area (Å²) < 4.78 is 11.4. The summed E-state index contributed by atoms with van der Waals surface area (Å²) in [4.78, 5) is 22.9. The number of carbonyl (C=O) groups excluding carboxylic acids is 1. The molecular formula is C22H13Cl2NO5. The lowest BCUT2D eigenvalue weighted by molar-refractivity contribution is -0.384. The molecule has 0 atom stereocenters. The Hall–Kier alpha value is -3.35. The molecule has 0 aliphatic carbocycles. The van der Waals surface area contributed by atoms with E-state index in [4.69, 9.17) is 32.7 Å². The van der Waals surface area contributed by atoms with Crippen molar-refractivity contribution in [2.45, 2.75) is 6.61 Å². The topological polar surface area (TPSA) is 78.7 Å². The van der Waals surface area contributed by atoms with Gasteiger partial charge in [0.2, 0.25) is 5.78 Å².